The van der Waals surface area contributed by atoms with Crippen molar-refractivity contribution in [2.45, 2.75) is 59.3 Å². The third-order valence-electron chi connectivity index (χ3n) is 2.96. The number of hydrogen-bond donors (Lipinski definition) is 0. The van der Waals surface area contributed by atoms with Gasteiger partial charge in [0.2, 0.25) is 0 Å². The molecule has 0 saturated heterocycles. The molecule has 1 aliphatic carbocycles. The van der Waals surface area contributed by atoms with Crippen molar-refractivity contribution in [2.75, 3.05) is 0 Å². The maximum atomic E-state index is 2.41. The first-order valence-corrected chi connectivity index (χ1v) is 6.20. The average molecular weight is 204 g/mol. The van der Waals surface area contributed by atoms with Crippen LogP contribution in [0, 0.1) is 0 Å². The normalized spacial score (nSPS) is 14.2. The highest BCUT2D eigenvalue weighted by Crippen LogP contribution is 2.28. The van der Waals surface area contributed by atoms with E-state index in [1.165, 1.54) is 24.8 Å². The Morgan fingerprint density at radius 3 is 2.13 bits per heavy atom. The van der Waals surface area contributed by atoms with Gasteiger partial charge in [0, 0.05) is 0 Å². The summed E-state index contributed by atoms with van der Waals surface area (Å²) in [6, 6.07) is 7.02. The van der Waals surface area contributed by atoms with Crippen LogP contribution in [0.5, 0.6) is 0 Å². The van der Waals surface area contributed by atoms with Gasteiger partial charge in [-0.05, 0) is 41.4 Å². The summed E-state index contributed by atoms with van der Waals surface area (Å²) in [5.41, 5.74) is 4.95. The van der Waals surface area contributed by atoms with Crippen LogP contribution in [-0.2, 0) is 18.3 Å². The largest absolute Gasteiger partial charge is 0.0683 e. The first-order chi connectivity index (χ1) is 7.07. The van der Waals surface area contributed by atoms with Gasteiger partial charge in [-0.1, -0.05) is 52.8 Å². The van der Waals surface area contributed by atoms with E-state index in [0.29, 0.717) is 5.41 Å². The van der Waals surface area contributed by atoms with Gasteiger partial charge in [-0.3, -0.25) is 0 Å². The molecular formula is C15H24. The minimum absolute atomic E-state index is 0.303. The molecule has 0 spiro atoms. The van der Waals surface area contributed by atoms with E-state index < -0.39 is 0 Å². The van der Waals surface area contributed by atoms with Crippen molar-refractivity contribution in [2.24, 2.45) is 0 Å². The van der Waals surface area contributed by atoms with Crippen LogP contribution < -0.4 is 0 Å². The van der Waals surface area contributed by atoms with Crippen LogP contribution in [-0.4, -0.2) is 0 Å². The van der Waals surface area contributed by atoms with Gasteiger partial charge in [0.15, 0.2) is 0 Å². The van der Waals surface area contributed by atoms with Gasteiger partial charge < -0.3 is 0 Å². The van der Waals surface area contributed by atoms with E-state index in [0.717, 1.165) is 0 Å². The monoisotopic (exact) mass is 204 g/mol. The summed E-state index contributed by atoms with van der Waals surface area (Å²) in [6.07, 6.45) is 3.93. The maximum Gasteiger partial charge on any atom is -0.0132 e. The topological polar surface area (TPSA) is 0 Å². The molecule has 0 nitrogen and oxygen atoms in total. The molecule has 0 atom stereocenters. The third-order valence-corrected chi connectivity index (χ3v) is 2.96. The average Bonchev–Trinajstić information content (AvgIpc) is 2.66. The molecule has 0 N–H and O–H groups in total. The third kappa shape index (κ3) is 2.84. The fourth-order valence-corrected chi connectivity index (χ4v) is 2.04. The van der Waals surface area contributed by atoms with Gasteiger partial charge in [-0.25, -0.2) is 0 Å². The number of benzene rings is 1. The first-order valence-electron chi connectivity index (χ1n) is 6.20. The fourth-order valence-electron chi connectivity index (χ4n) is 2.04. The SMILES string of the molecule is CC.CC(C)(C)c1ccc2c(c1)CCC2. The Bertz CT molecular complexity index is 315. The summed E-state index contributed by atoms with van der Waals surface area (Å²) in [4.78, 5) is 0. The quantitative estimate of drug-likeness (QED) is 0.583. The minimum atomic E-state index is 0.303. The number of hydrogen-bond acceptors (Lipinski definition) is 0. The fraction of sp³-hybridized carbons (Fsp3) is 0.600. The van der Waals surface area contributed by atoms with E-state index in [2.05, 4.69) is 39.0 Å². The zero-order chi connectivity index (χ0) is 11.5. The summed E-state index contributed by atoms with van der Waals surface area (Å²) in [5, 5.41) is 0. The number of rotatable bonds is 0. The Morgan fingerprint density at radius 1 is 0.933 bits per heavy atom. The lowest BCUT2D eigenvalue weighted by Crippen LogP contribution is -2.11. The van der Waals surface area contributed by atoms with Crippen LogP contribution >= 0.6 is 0 Å². The molecule has 0 heterocycles. The van der Waals surface area contributed by atoms with Crippen LogP contribution in [0.1, 0.15) is 57.7 Å². The van der Waals surface area contributed by atoms with Crippen molar-refractivity contribution >= 4 is 0 Å². The van der Waals surface area contributed by atoms with Gasteiger partial charge in [-0.2, -0.15) is 0 Å². The first kappa shape index (κ1) is 12.3. The lowest BCUT2D eigenvalue weighted by Gasteiger charge is -2.19. The highest BCUT2D eigenvalue weighted by atomic mass is 14.2. The van der Waals surface area contributed by atoms with Crippen LogP contribution in [0.2, 0.25) is 0 Å². The Hall–Kier alpha value is -0.780. The Labute approximate surface area is 94.7 Å². The molecule has 1 aliphatic rings. The Balaban J connectivity index is 0.000000531. The molecule has 0 fully saturated rings. The molecule has 0 unspecified atom stereocenters. The Morgan fingerprint density at radius 2 is 1.53 bits per heavy atom. The van der Waals surface area contributed by atoms with Crippen molar-refractivity contribution < 1.29 is 0 Å². The summed E-state index contributed by atoms with van der Waals surface area (Å²) < 4.78 is 0. The van der Waals surface area contributed by atoms with E-state index in [-0.39, 0.29) is 0 Å². The van der Waals surface area contributed by atoms with Gasteiger partial charge in [0.05, 0.1) is 0 Å². The molecule has 84 valence electrons. The molecule has 0 bridgehead atoms. The molecule has 0 radical (unpaired) electrons. The van der Waals surface area contributed by atoms with Gasteiger partial charge >= 0.3 is 0 Å². The molecule has 2 rings (SSSR count). The van der Waals surface area contributed by atoms with Crippen LogP contribution in [0.4, 0.5) is 0 Å². The second-order valence-electron chi connectivity index (χ2n) is 5.09. The zero-order valence-electron chi connectivity index (χ0n) is 10.9. The van der Waals surface area contributed by atoms with Gasteiger partial charge in [-0.15, -0.1) is 0 Å². The molecule has 0 aromatic heterocycles. The standard InChI is InChI=1S/C13H18.C2H6/c1-13(2,3)12-8-7-10-5-4-6-11(10)9-12;1-2/h7-9H,4-6H2,1-3H3;1-2H3. The molecule has 0 heteroatoms. The summed E-state index contributed by atoms with van der Waals surface area (Å²) >= 11 is 0. The van der Waals surface area contributed by atoms with Crippen LogP contribution in [0.15, 0.2) is 18.2 Å². The maximum absolute atomic E-state index is 2.41. The lowest BCUT2D eigenvalue weighted by molar-refractivity contribution is 0.589. The van der Waals surface area contributed by atoms with Crippen molar-refractivity contribution in [3.63, 3.8) is 0 Å². The number of fused-ring (bicyclic) bond motifs is 1. The van der Waals surface area contributed by atoms with Crippen molar-refractivity contribution in [3.05, 3.63) is 34.9 Å². The van der Waals surface area contributed by atoms with Crippen molar-refractivity contribution in [3.8, 4) is 0 Å². The molecule has 0 saturated carbocycles. The summed E-state index contributed by atoms with van der Waals surface area (Å²) in [5.74, 6) is 0. The van der Waals surface area contributed by atoms with Crippen LogP contribution in [0.25, 0.3) is 0 Å². The van der Waals surface area contributed by atoms with E-state index in [9.17, 15) is 0 Å². The van der Waals surface area contributed by atoms with E-state index >= 15 is 0 Å². The van der Waals surface area contributed by atoms with Gasteiger partial charge in [0.1, 0.15) is 0 Å². The van der Waals surface area contributed by atoms with E-state index in [1.54, 1.807) is 11.1 Å². The summed E-state index contributed by atoms with van der Waals surface area (Å²) in [7, 11) is 0. The van der Waals surface area contributed by atoms with Crippen molar-refractivity contribution in [1.82, 2.24) is 0 Å². The smallest absolute Gasteiger partial charge is 0.0132 e. The highest BCUT2D eigenvalue weighted by Gasteiger charge is 2.17. The predicted molar refractivity (Wildman–Crippen MR) is 68.5 cm³/mol. The Kier molecular flexibility index (Phi) is 3.96. The molecule has 0 amide bonds. The number of aryl methyl sites for hydroxylation is 2. The molecule has 1 aromatic carbocycles. The molecule has 1 aromatic rings. The van der Waals surface area contributed by atoms with E-state index in [1.807, 2.05) is 13.8 Å². The van der Waals surface area contributed by atoms with Crippen molar-refractivity contribution in [1.29, 1.82) is 0 Å². The van der Waals surface area contributed by atoms with E-state index in [4.69, 9.17) is 0 Å². The summed E-state index contributed by atoms with van der Waals surface area (Å²) in [6.45, 7) is 10.8. The van der Waals surface area contributed by atoms with Crippen LogP contribution in [0.3, 0.4) is 0 Å². The second-order valence-corrected chi connectivity index (χ2v) is 5.09. The molecule has 15 heavy (non-hydrogen) atoms. The predicted octanol–water partition coefficient (Wildman–Crippen LogP) is 4.50. The second kappa shape index (κ2) is 4.83. The zero-order valence-corrected chi connectivity index (χ0v) is 10.9. The molecular weight excluding hydrogens is 180 g/mol. The molecule has 0 aliphatic heterocycles. The minimum Gasteiger partial charge on any atom is -0.0683 e. The van der Waals surface area contributed by atoms with Gasteiger partial charge in [0.25, 0.3) is 0 Å². The highest BCUT2D eigenvalue weighted by molar-refractivity contribution is 5.37. The lowest BCUT2D eigenvalue weighted by atomic mass is 9.85.